The molecule has 2 aromatic carbocycles. The van der Waals surface area contributed by atoms with Gasteiger partial charge >= 0.3 is 6.09 Å². The topological polar surface area (TPSA) is 60.0 Å². The molecule has 0 spiro atoms. The van der Waals surface area contributed by atoms with Gasteiger partial charge in [-0.1, -0.05) is 36.4 Å². The highest BCUT2D eigenvalue weighted by Crippen LogP contribution is 2.31. The Morgan fingerprint density at radius 3 is 2.31 bits per heavy atom. The zero-order valence-electron chi connectivity index (χ0n) is 15.3. The lowest BCUT2D eigenvalue weighted by Gasteiger charge is -2.29. The Morgan fingerprint density at radius 2 is 1.65 bits per heavy atom. The molecule has 2 aromatic rings. The minimum Gasteiger partial charge on any atom is -0.442 e. The number of carbonyl (C=O) groups excluding carboxylic acids is 1. The number of hydrogen-bond donors (Lipinski definition) is 1. The predicted octanol–water partition coefficient (Wildman–Crippen LogP) is 4.50. The highest BCUT2D eigenvalue weighted by Gasteiger charge is 2.26. The molecule has 1 heterocycles. The fourth-order valence-electron chi connectivity index (χ4n) is 2.56. The van der Waals surface area contributed by atoms with Gasteiger partial charge in [0.25, 0.3) is 0 Å². The Labute approximate surface area is 153 Å². The van der Waals surface area contributed by atoms with Crippen LogP contribution in [-0.2, 0) is 14.2 Å². The number of hydrogen-bond acceptors (Lipinski definition) is 5. The van der Waals surface area contributed by atoms with E-state index in [9.17, 15) is 4.79 Å². The van der Waals surface area contributed by atoms with Crippen molar-refractivity contribution in [3.05, 3.63) is 60.2 Å². The second-order valence-electron chi connectivity index (χ2n) is 6.92. The van der Waals surface area contributed by atoms with Gasteiger partial charge in [-0.25, -0.2) is 4.79 Å². The lowest BCUT2D eigenvalue weighted by molar-refractivity contribution is -0.0436. The number of benzene rings is 2. The van der Waals surface area contributed by atoms with E-state index in [2.05, 4.69) is 5.43 Å². The van der Waals surface area contributed by atoms with Gasteiger partial charge < -0.3 is 14.2 Å². The van der Waals surface area contributed by atoms with E-state index in [0.717, 1.165) is 5.56 Å². The van der Waals surface area contributed by atoms with Gasteiger partial charge in [-0.2, -0.15) is 5.01 Å². The first-order valence-electron chi connectivity index (χ1n) is 8.61. The fourth-order valence-corrected chi connectivity index (χ4v) is 2.56. The number of rotatable bonds is 4. The quantitative estimate of drug-likeness (QED) is 0.817. The highest BCUT2D eigenvalue weighted by atomic mass is 16.7. The van der Waals surface area contributed by atoms with E-state index >= 15 is 0 Å². The Balaban J connectivity index is 1.90. The molecule has 6 nitrogen and oxygen atoms in total. The van der Waals surface area contributed by atoms with Crippen molar-refractivity contribution in [2.24, 2.45) is 0 Å². The third-order valence-corrected chi connectivity index (χ3v) is 3.66. The first kappa shape index (κ1) is 18.2. The van der Waals surface area contributed by atoms with Crippen LogP contribution in [0.5, 0.6) is 0 Å². The Bertz CT molecular complexity index is 737. The normalized spacial score (nSPS) is 14.9. The smallest absolute Gasteiger partial charge is 0.433 e. The van der Waals surface area contributed by atoms with Gasteiger partial charge in [0.05, 0.1) is 24.6 Å². The molecule has 6 heteroatoms. The standard InChI is InChI=1S/C20H24N2O4/c1-20(2,3)26-19(23)22(15-9-5-4-6-10-15)21-17-12-8-7-11-16(17)18-24-13-14-25-18/h4-12,18,21H,13-14H2,1-3H3. The molecule has 1 saturated heterocycles. The van der Waals surface area contributed by atoms with Crippen molar-refractivity contribution in [2.75, 3.05) is 23.6 Å². The number of nitrogens with one attached hydrogen (secondary N) is 1. The maximum absolute atomic E-state index is 12.8. The zero-order chi connectivity index (χ0) is 18.6. The van der Waals surface area contributed by atoms with Crippen molar-refractivity contribution in [2.45, 2.75) is 32.7 Å². The minimum atomic E-state index is -0.608. The molecule has 26 heavy (non-hydrogen) atoms. The minimum absolute atomic E-state index is 0.449. The maximum Gasteiger partial charge on any atom is 0.433 e. The Hall–Kier alpha value is -2.57. The molecule has 0 saturated carbocycles. The van der Waals surface area contributed by atoms with Gasteiger partial charge in [0.1, 0.15) is 5.60 Å². The highest BCUT2D eigenvalue weighted by molar-refractivity contribution is 5.90. The number of anilines is 2. The van der Waals surface area contributed by atoms with Crippen molar-refractivity contribution in [3.63, 3.8) is 0 Å². The molecule has 1 N–H and O–H groups in total. The van der Waals surface area contributed by atoms with Crippen LogP contribution in [0, 0.1) is 0 Å². The Morgan fingerprint density at radius 1 is 1.04 bits per heavy atom. The van der Waals surface area contributed by atoms with Crippen molar-refractivity contribution >= 4 is 17.5 Å². The van der Waals surface area contributed by atoms with E-state index < -0.39 is 18.0 Å². The average Bonchev–Trinajstić information content (AvgIpc) is 3.13. The van der Waals surface area contributed by atoms with E-state index in [1.165, 1.54) is 5.01 Å². The first-order valence-corrected chi connectivity index (χ1v) is 8.61. The van der Waals surface area contributed by atoms with Crippen LogP contribution in [0.4, 0.5) is 16.2 Å². The van der Waals surface area contributed by atoms with E-state index in [0.29, 0.717) is 24.6 Å². The van der Waals surface area contributed by atoms with Gasteiger partial charge in [-0.05, 0) is 39.0 Å². The molecular weight excluding hydrogens is 332 g/mol. The number of amides is 1. The summed E-state index contributed by atoms with van der Waals surface area (Å²) in [5, 5.41) is 1.39. The van der Waals surface area contributed by atoms with Gasteiger partial charge in [0.15, 0.2) is 6.29 Å². The predicted molar refractivity (Wildman–Crippen MR) is 99.9 cm³/mol. The monoisotopic (exact) mass is 356 g/mol. The van der Waals surface area contributed by atoms with Gasteiger partial charge in [-0.15, -0.1) is 0 Å². The summed E-state index contributed by atoms with van der Waals surface area (Å²) in [7, 11) is 0. The molecule has 1 fully saturated rings. The molecule has 1 aliphatic rings. The summed E-state index contributed by atoms with van der Waals surface area (Å²) >= 11 is 0. The molecular formula is C20H24N2O4. The fraction of sp³-hybridized carbons (Fsp3) is 0.350. The number of ether oxygens (including phenoxy) is 3. The zero-order valence-corrected chi connectivity index (χ0v) is 15.3. The van der Waals surface area contributed by atoms with Crippen LogP contribution in [0.2, 0.25) is 0 Å². The average molecular weight is 356 g/mol. The van der Waals surface area contributed by atoms with Crippen molar-refractivity contribution in [3.8, 4) is 0 Å². The molecule has 0 radical (unpaired) electrons. The molecule has 0 atom stereocenters. The largest absolute Gasteiger partial charge is 0.442 e. The molecule has 138 valence electrons. The van der Waals surface area contributed by atoms with Crippen LogP contribution in [-0.4, -0.2) is 24.9 Å². The molecule has 0 aromatic heterocycles. The van der Waals surface area contributed by atoms with Crippen LogP contribution in [0.1, 0.15) is 32.6 Å². The number of carbonyl (C=O) groups is 1. The second kappa shape index (κ2) is 7.76. The molecule has 1 amide bonds. The summed E-state index contributed by atoms with van der Waals surface area (Å²) in [6.07, 6.45) is -0.943. The molecule has 0 aliphatic carbocycles. The summed E-state index contributed by atoms with van der Waals surface area (Å²) in [5.41, 5.74) is 4.77. The van der Waals surface area contributed by atoms with Crippen molar-refractivity contribution in [1.29, 1.82) is 0 Å². The van der Waals surface area contributed by atoms with E-state index in [1.807, 2.05) is 75.4 Å². The Kier molecular flexibility index (Phi) is 5.44. The molecule has 0 unspecified atom stereocenters. The lowest BCUT2D eigenvalue weighted by Crippen LogP contribution is -2.41. The summed E-state index contributed by atoms with van der Waals surface area (Å²) < 4.78 is 16.8. The van der Waals surface area contributed by atoms with Crippen LogP contribution in [0.15, 0.2) is 54.6 Å². The summed E-state index contributed by atoms with van der Waals surface area (Å²) in [4.78, 5) is 12.8. The van der Waals surface area contributed by atoms with Gasteiger partial charge in [-0.3, -0.25) is 5.43 Å². The van der Waals surface area contributed by atoms with Gasteiger partial charge in [0, 0.05) is 5.56 Å². The summed E-state index contributed by atoms with van der Waals surface area (Å²) in [6.45, 7) is 6.60. The van der Waals surface area contributed by atoms with Crippen LogP contribution < -0.4 is 10.4 Å². The molecule has 3 rings (SSSR count). The second-order valence-corrected chi connectivity index (χ2v) is 6.92. The summed E-state index contributed by atoms with van der Waals surface area (Å²) in [6, 6.07) is 16.9. The van der Waals surface area contributed by atoms with Crippen LogP contribution >= 0.6 is 0 Å². The molecule has 0 bridgehead atoms. The van der Waals surface area contributed by atoms with Crippen LogP contribution in [0.25, 0.3) is 0 Å². The first-order chi connectivity index (χ1) is 12.4. The molecule has 1 aliphatic heterocycles. The van der Waals surface area contributed by atoms with Crippen molar-refractivity contribution < 1.29 is 19.0 Å². The maximum atomic E-state index is 12.8. The lowest BCUT2D eigenvalue weighted by atomic mass is 10.1. The van der Waals surface area contributed by atoms with Crippen molar-refractivity contribution in [1.82, 2.24) is 0 Å². The SMILES string of the molecule is CC(C)(C)OC(=O)N(Nc1ccccc1C1OCCO1)c1ccccc1. The van der Waals surface area contributed by atoms with E-state index in [1.54, 1.807) is 0 Å². The number of hydrazine groups is 1. The van der Waals surface area contributed by atoms with Crippen LogP contribution in [0.3, 0.4) is 0 Å². The number of para-hydroxylation sites is 2. The third kappa shape index (κ3) is 4.53. The van der Waals surface area contributed by atoms with E-state index in [-0.39, 0.29) is 0 Å². The van der Waals surface area contributed by atoms with Gasteiger partial charge in [0.2, 0.25) is 0 Å². The van der Waals surface area contributed by atoms with E-state index in [4.69, 9.17) is 14.2 Å². The summed E-state index contributed by atoms with van der Waals surface area (Å²) in [5.74, 6) is 0. The number of nitrogens with zero attached hydrogens (tertiary/aromatic N) is 1. The third-order valence-electron chi connectivity index (χ3n) is 3.66.